The summed E-state index contributed by atoms with van der Waals surface area (Å²) in [6, 6.07) is 8.33. The van der Waals surface area contributed by atoms with Gasteiger partial charge >= 0.3 is 12.3 Å². The van der Waals surface area contributed by atoms with Gasteiger partial charge in [-0.05, 0) is 42.0 Å². The predicted octanol–water partition coefficient (Wildman–Crippen LogP) is 3.97. The molecule has 31 heavy (non-hydrogen) atoms. The standard InChI is InChI=1S/C20H14F4N4O3/c21-14-4-1-11(2-5-14)17(29)25-10-19(20(22,23)24)15-7-12(13-8-26-27-9-13)3-6-16(15)28-18(30)31-19/h1-9H,10H2,(H,25,29)(H,26,27)(H,28,30)/t19-/m1/s1. The number of rotatable bonds is 4. The largest absolute Gasteiger partial charge is 0.434 e. The minimum atomic E-state index is -5.06. The molecule has 0 aliphatic carbocycles. The van der Waals surface area contributed by atoms with Crippen LogP contribution in [0.2, 0.25) is 0 Å². The molecule has 1 aliphatic rings. The van der Waals surface area contributed by atoms with E-state index in [4.69, 9.17) is 4.74 Å². The Balaban J connectivity index is 1.74. The summed E-state index contributed by atoms with van der Waals surface area (Å²) in [6.07, 6.45) is -3.45. The summed E-state index contributed by atoms with van der Waals surface area (Å²) in [5.41, 5.74) is -2.75. The number of fused-ring (bicyclic) bond motifs is 1. The summed E-state index contributed by atoms with van der Waals surface area (Å²) in [5.74, 6) is -1.48. The highest BCUT2D eigenvalue weighted by atomic mass is 19.4. The second-order valence-electron chi connectivity index (χ2n) is 6.78. The van der Waals surface area contributed by atoms with Crippen molar-refractivity contribution in [3.63, 3.8) is 0 Å². The quantitative estimate of drug-likeness (QED) is 0.542. The summed E-state index contributed by atoms with van der Waals surface area (Å²) in [6.45, 7) is -1.08. The molecule has 3 aromatic rings. The van der Waals surface area contributed by atoms with E-state index in [1.54, 1.807) is 0 Å². The van der Waals surface area contributed by atoms with Crippen LogP contribution in [0.4, 0.5) is 28.0 Å². The monoisotopic (exact) mass is 434 g/mol. The molecular formula is C20H14F4N4O3. The number of cyclic esters (lactones) is 1. The van der Waals surface area contributed by atoms with E-state index in [2.05, 4.69) is 20.8 Å². The summed E-state index contributed by atoms with van der Waals surface area (Å²) >= 11 is 0. The number of benzene rings is 2. The number of nitrogens with zero attached hydrogens (tertiary/aromatic N) is 1. The van der Waals surface area contributed by atoms with Crippen LogP contribution in [0.3, 0.4) is 0 Å². The molecule has 2 aromatic carbocycles. The number of nitrogens with one attached hydrogen (secondary N) is 3. The Hall–Kier alpha value is -3.89. The molecular weight excluding hydrogens is 420 g/mol. The summed E-state index contributed by atoms with van der Waals surface area (Å²) < 4.78 is 60.7. The molecule has 160 valence electrons. The van der Waals surface area contributed by atoms with Crippen molar-refractivity contribution in [1.82, 2.24) is 15.5 Å². The van der Waals surface area contributed by atoms with Crippen molar-refractivity contribution in [3.05, 3.63) is 71.8 Å². The molecule has 0 saturated carbocycles. The fraction of sp³-hybridized carbons (Fsp3) is 0.150. The van der Waals surface area contributed by atoms with Crippen molar-refractivity contribution in [2.45, 2.75) is 11.8 Å². The van der Waals surface area contributed by atoms with Gasteiger partial charge in [0.05, 0.1) is 18.4 Å². The fourth-order valence-corrected chi connectivity index (χ4v) is 3.27. The van der Waals surface area contributed by atoms with Crippen LogP contribution >= 0.6 is 0 Å². The van der Waals surface area contributed by atoms with E-state index < -0.39 is 36.1 Å². The Labute approximate surface area is 172 Å². The zero-order chi connectivity index (χ0) is 22.2. The van der Waals surface area contributed by atoms with Crippen molar-refractivity contribution >= 4 is 17.7 Å². The minimum absolute atomic E-state index is 0.0497. The highest BCUT2D eigenvalue weighted by molar-refractivity contribution is 5.94. The van der Waals surface area contributed by atoms with Crippen LogP contribution in [0.25, 0.3) is 11.1 Å². The number of halogens is 4. The molecule has 0 saturated heterocycles. The zero-order valence-corrected chi connectivity index (χ0v) is 15.6. The highest BCUT2D eigenvalue weighted by Crippen LogP contribution is 2.48. The number of carbonyl (C=O) groups excluding carboxylic acids is 2. The van der Waals surface area contributed by atoms with Gasteiger partial charge in [0.2, 0.25) is 0 Å². The summed E-state index contributed by atoms with van der Waals surface area (Å²) in [7, 11) is 0. The number of hydrogen-bond acceptors (Lipinski definition) is 4. The van der Waals surface area contributed by atoms with Crippen molar-refractivity contribution < 1.29 is 31.9 Å². The molecule has 0 fully saturated rings. The third-order valence-corrected chi connectivity index (χ3v) is 4.85. The van der Waals surface area contributed by atoms with Crippen molar-refractivity contribution in [3.8, 4) is 11.1 Å². The van der Waals surface area contributed by atoms with Gasteiger partial charge in [-0.15, -0.1) is 0 Å². The molecule has 0 unspecified atom stereocenters. The smallest absolute Gasteiger partial charge is 0.426 e. The second kappa shape index (κ2) is 7.42. The van der Waals surface area contributed by atoms with Gasteiger partial charge in [-0.3, -0.25) is 15.2 Å². The van der Waals surface area contributed by atoms with E-state index in [9.17, 15) is 27.2 Å². The zero-order valence-electron chi connectivity index (χ0n) is 15.6. The molecule has 1 aliphatic heterocycles. The molecule has 2 heterocycles. The van der Waals surface area contributed by atoms with Crippen LogP contribution in [0.5, 0.6) is 0 Å². The first-order valence-electron chi connectivity index (χ1n) is 8.94. The van der Waals surface area contributed by atoms with Gasteiger partial charge in [0.1, 0.15) is 5.82 Å². The molecule has 0 radical (unpaired) electrons. The summed E-state index contributed by atoms with van der Waals surface area (Å²) in [4.78, 5) is 24.3. The van der Waals surface area contributed by atoms with E-state index in [-0.39, 0.29) is 16.8 Å². The van der Waals surface area contributed by atoms with E-state index >= 15 is 0 Å². The van der Waals surface area contributed by atoms with Gasteiger partial charge < -0.3 is 10.1 Å². The van der Waals surface area contributed by atoms with Gasteiger partial charge in [0.25, 0.3) is 11.5 Å². The molecule has 7 nitrogen and oxygen atoms in total. The predicted molar refractivity (Wildman–Crippen MR) is 101 cm³/mol. The maximum atomic E-state index is 14.3. The van der Waals surface area contributed by atoms with Gasteiger partial charge in [-0.1, -0.05) is 6.07 Å². The van der Waals surface area contributed by atoms with Crippen LogP contribution in [-0.2, 0) is 10.3 Å². The molecule has 11 heteroatoms. The van der Waals surface area contributed by atoms with E-state index in [1.165, 1.54) is 30.6 Å². The van der Waals surface area contributed by atoms with Crippen molar-refractivity contribution in [2.75, 3.05) is 11.9 Å². The van der Waals surface area contributed by atoms with Gasteiger partial charge in [0.15, 0.2) is 0 Å². The molecule has 2 amide bonds. The number of hydrogen-bond donors (Lipinski definition) is 3. The first kappa shape index (κ1) is 20.4. The Morgan fingerprint density at radius 2 is 1.87 bits per heavy atom. The first-order valence-corrected chi connectivity index (χ1v) is 8.94. The minimum Gasteiger partial charge on any atom is -0.426 e. The Kier molecular flexibility index (Phi) is 4.88. The van der Waals surface area contributed by atoms with Crippen LogP contribution in [0, 0.1) is 5.82 Å². The second-order valence-corrected chi connectivity index (χ2v) is 6.78. The topological polar surface area (TPSA) is 96.1 Å². The lowest BCUT2D eigenvalue weighted by Gasteiger charge is -2.39. The van der Waals surface area contributed by atoms with Gasteiger partial charge in [0, 0.05) is 22.9 Å². The molecule has 1 aromatic heterocycles. The average molecular weight is 434 g/mol. The lowest BCUT2D eigenvalue weighted by molar-refractivity contribution is -0.261. The molecule has 1 atom stereocenters. The Bertz CT molecular complexity index is 1130. The number of carbonyl (C=O) groups is 2. The van der Waals surface area contributed by atoms with Crippen LogP contribution < -0.4 is 10.6 Å². The number of aromatic nitrogens is 2. The van der Waals surface area contributed by atoms with Gasteiger partial charge in [-0.2, -0.15) is 18.3 Å². The van der Waals surface area contributed by atoms with E-state index in [0.29, 0.717) is 11.1 Å². The van der Waals surface area contributed by atoms with Gasteiger partial charge in [-0.25, -0.2) is 9.18 Å². The number of ether oxygens (including phenoxy) is 1. The highest BCUT2D eigenvalue weighted by Gasteiger charge is 2.62. The number of alkyl halides is 3. The normalized spacial score (nSPS) is 18.0. The first-order chi connectivity index (χ1) is 14.7. The lowest BCUT2D eigenvalue weighted by Crippen LogP contribution is -2.56. The maximum Gasteiger partial charge on any atom is 0.434 e. The molecule has 3 N–H and O–H groups in total. The Morgan fingerprint density at radius 1 is 1.13 bits per heavy atom. The number of H-pyrrole nitrogens is 1. The molecule has 0 bridgehead atoms. The lowest BCUT2D eigenvalue weighted by atomic mass is 9.87. The van der Waals surface area contributed by atoms with Crippen LogP contribution in [0.1, 0.15) is 15.9 Å². The number of anilines is 1. The average Bonchev–Trinajstić information content (AvgIpc) is 3.26. The third kappa shape index (κ3) is 3.69. The molecule has 4 rings (SSSR count). The Morgan fingerprint density at radius 3 is 2.52 bits per heavy atom. The maximum absolute atomic E-state index is 14.3. The van der Waals surface area contributed by atoms with E-state index in [1.807, 2.05) is 0 Å². The number of amides is 2. The van der Waals surface area contributed by atoms with Crippen LogP contribution in [-0.4, -0.2) is 34.9 Å². The van der Waals surface area contributed by atoms with Crippen LogP contribution in [0.15, 0.2) is 54.9 Å². The third-order valence-electron chi connectivity index (χ3n) is 4.85. The fourth-order valence-electron chi connectivity index (χ4n) is 3.27. The number of aromatic amines is 1. The summed E-state index contributed by atoms with van der Waals surface area (Å²) in [5, 5.41) is 10.7. The SMILES string of the molecule is O=C1Nc2ccc(-c3cn[nH]c3)cc2[C@](CNC(=O)c2ccc(F)cc2)(C(F)(F)F)O1. The van der Waals surface area contributed by atoms with Crippen molar-refractivity contribution in [1.29, 1.82) is 0 Å². The van der Waals surface area contributed by atoms with Crippen molar-refractivity contribution in [2.24, 2.45) is 0 Å². The van der Waals surface area contributed by atoms with E-state index in [0.717, 1.165) is 24.3 Å². The molecule has 0 spiro atoms.